The summed E-state index contributed by atoms with van der Waals surface area (Å²) in [5.74, 6) is 0.369. The average Bonchev–Trinajstić information content (AvgIpc) is 2.51. The number of fused-ring (bicyclic) bond motifs is 1. The third-order valence-corrected chi connectivity index (χ3v) is 5.24. The monoisotopic (exact) mass is 323 g/mol. The fourth-order valence-corrected chi connectivity index (χ4v) is 3.97. The number of carbonyl (C=O) groups excluding carboxylic acids is 2. The smallest absolute Gasteiger partial charge is 0.318 e. The van der Waals surface area contributed by atoms with Crippen molar-refractivity contribution in [3.63, 3.8) is 0 Å². The van der Waals surface area contributed by atoms with E-state index < -0.39 is 6.04 Å². The number of thioether (sulfide) groups is 1. The van der Waals surface area contributed by atoms with Crippen LogP contribution in [0.15, 0.2) is 23.1 Å². The van der Waals surface area contributed by atoms with Gasteiger partial charge in [-0.1, -0.05) is 12.1 Å². The molecule has 2 aliphatic rings. The van der Waals surface area contributed by atoms with Crippen molar-refractivity contribution < 1.29 is 14.0 Å². The molecule has 2 N–H and O–H groups in total. The maximum absolute atomic E-state index is 13.9. The minimum absolute atomic E-state index is 0.146. The van der Waals surface area contributed by atoms with Crippen LogP contribution < -0.4 is 10.6 Å². The fourth-order valence-electron chi connectivity index (χ4n) is 2.83. The lowest BCUT2D eigenvalue weighted by molar-refractivity contribution is -0.126. The molecule has 22 heavy (non-hydrogen) atoms. The van der Waals surface area contributed by atoms with Crippen molar-refractivity contribution in [3.05, 3.63) is 29.6 Å². The molecule has 2 atom stereocenters. The summed E-state index contributed by atoms with van der Waals surface area (Å²) in [4.78, 5) is 26.3. The highest BCUT2D eigenvalue weighted by atomic mass is 32.2. The van der Waals surface area contributed by atoms with Crippen LogP contribution >= 0.6 is 11.8 Å². The predicted molar refractivity (Wildman–Crippen MR) is 82.2 cm³/mol. The van der Waals surface area contributed by atoms with Gasteiger partial charge in [-0.3, -0.25) is 4.79 Å². The second kappa shape index (κ2) is 6.16. The molecule has 0 bridgehead atoms. The number of amides is 3. The van der Waals surface area contributed by atoms with E-state index in [1.165, 1.54) is 22.7 Å². The summed E-state index contributed by atoms with van der Waals surface area (Å²) in [6.07, 6.45) is 0.751. The summed E-state index contributed by atoms with van der Waals surface area (Å²) in [6, 6.07) is 3.98. The Morgan fingerprint density at radius 1 is 1.50 bits per heavy atom. The van der Waals surface area contributed by atoms with Gasteiger partial charge < -0.3 is 15.5 Å². The number of carbonyl (C=O) groups is 2. The van der Waals surface area contributed by atoms with Gasteiger partial charge in [-0.15, -0.1) is 11.8 Å². The number of urea groups is 1. The van der Waals surface area contributed by atoms with E-state index in [-0.39, 0.29) is 23.8 Å². The first-order valence-electron chi connectivity index (χ1n) is 7.34. The first-order chi connectivity index (χ1) is 10.6. The molecule has 3 rings (SSSR count). The maximum Gasteiger partial charge on any atom is 0.318 e. The number of benzene rings is 1. The van der Waals surface area contributed by atoms with Crippen LogP contribution in [-0.2, 0) is 4.79 Å². The van der Waals surface area contributed by atoms with Crippen molar-refractivity contribution in [2.75, 3.05) is 18.8 Å². The number of hydrogen-bond acceptors (Lipinski definition) is 3. The van der Waals surface area contributed by atoms with Crippen LogP contribution in [-0.4, -0.2) is 41.7 Å². The van der Waals surface area contributed by atoms with Crippen LogP contribution in [0.2, 0.25) is 0 Å². The van der Waals surface area contributed by atoms with Crippen LogP contribution in [0, 0.1) is 5.82 Å². The molecule has 0 aromatic heterocycles. The summed E-state index contributed by atoms with van der Waals surface area (Å²) in [5, 5.41) is 5.68. The van der Waals surface area contributed by atoms with Crippen LogP contribution in [0.25, 0.3) is 0 Å². The second-order valence-electron chi connectivity index (χ2n) is 5.46. The van der Waals surface area contributed by atoms with Gasteiger partial charge in [0.2, 0.25) is 5.91 Å². The molecule has 0 aliphatic carbocycles. The van der Waals surface area contributed by atoms with Gasteiger partial charge in [-0.05, 0) is 25.0 Å². The average molecular weight is 323 g/mol. The van der Waals surface area contributed by atoms with Crippen LogP contribution in [0.4, 0.5) is 9.18 Å². The quantitative estimate of drug-likeness (QED) is 0.830. The van der Waals surface area contributed by atoms with E-state index in [1.807, 2.05) is 6.07 Å². The Labute approximate surface area is 132 Å². The summed E-state index contributed by atoms with van der Waals surface area (Å²) in [7, 11) is 0. The molecule has 2 heterocycles. The molecule has 2 aliphatic heterocycles. The van der Waals surface area contributed by atoms with Gasteiger partial charge in [0.05, 0.1) is 6.04 Å². The van der Waals surface area contributed by atoms with E-state index >= 15 is 0 Å². The van der Waals surface area contributed by atoms with Gasteiger partial charge in [0.15, 0.2) is 0 Å². The topological polar surface area (TPSA) is 61.4 Å². The number of nitrogens with one attached hydrogen (secondary N) is 2. The first-order valence-corrected chi connectivity index (χ1v) is 8.32. The molecule has 0 radical (unpaired) electrons. The first kappa shape index (κ1) is 15.1. The van der Waals surface area contributed by atoms with E-state index in [4.69, 9.17) is 0 Å². The van der Waals surface area contributed by atoms with Gasteiger partial charge >= 0.3 is 6.03 Å². The van der Waals surface area contributed by atoms with Crippen LogP contribution in [0.1, 0.15) is 24.9 Å². The van der Waals surface area contributed by atoms with E-state index in [1.54, 1.807) is 13.0 Å². The zero-order valence-corrected chi connectivity index (χ0v) is 13.1. The highest BCUT2D eigenvalue weighted by Gasteiger charge is 2.32. The molecule has 5 nitrogen and oxygen atoms in total. The van der Waals surface area contributed by atoms with Gasteiger partial charge in [-0.2, -0.15) is 0 Å². The molecule has 1 aromatic rings. The van der Waals surface area contributed by atoms with Gasteiger partial charge in [0, 0.05) is 23.7 Å². The molecule has 1 saturated heterocycles. The van der Waals surface area contributed by atoms with E-state index in [0.717, 1.165) is 17.7 Å². The van der Waals surface area contributed by atoms with Crippen molar-refractivity contribution in [3.8, 4) is 0 Å². The molecule has 0 saturated carbocycles. The SMILES string of the molecule is C[C@H]1C(=O)NCCN1C(=O)N[C@H]1CCSc2c(F)cccc21. The largest absolute Gasteiger partial charge is 0.353 e. The van der Waals surface area contributed by atoms with E-state index in [9.17, 15) is 14.0 Å². The van der Waals surface area contributed by atoms with Crippen molar-refractivity contribution in [2.24, 2.45) is 0 Å². The van der Waals surface area contributed by atoms with Gasteiger partial charge in [-0.25, -0.2) is 9.18 Å². The standard InChI is InChI=1S/C15H18FN3O2S/c1-9-14(20)17-6-7-19(9)15(21)18-12-5-8-22-13-10(12)3-2-4-11(13)16/h2-4,9,12H,5-8H2,1H3,(H,17,20)(H,18,21)/t9-,12-/m0/s1. The van der Waals surface area contributed by atoms with Gasteiger partial charge in [0.1, 0.15) is 11.9 Å². The van der Waals surface area contributed by atoms with Crippen LogP contribution in [0.5, 0.6) is 0 Å². The lowest BCUT2D eigenvalue weighted by Crippen LogP contribution is -2.58. The number of nitrogens with zero attached hydrogens (tertiary/aromatic N) is 1. The van der Waals surface area contributed by atoms with Crippen molar-refractivity contribution >= 4 is 23.7 Å². The summed E-state index contributed by atoms with van der Waals surface area (Å²) in [6.45, 7) is 2.65. The Balaban J connectivity index is 1.76. The summed E-state index contributed by atoms with van der Waals surface area (Å²) in [5.41, 5.74) is 0.818. The minimum atomic E-state index is -0.487. The summed E-state index contributed by atoms with van der Waals surface area (Å²) < 4.78 is 13.9. The molecular formula is C15H18FN3O2S. The number of halogens is 1. The lowest BCUT2D eigenvalue weighted by atomic mass is 10.0. The Hall–Kier alpha value is -1.76. The molecule has 3 amide bonds. The number of piperazine rings is 1. The fraction of sp³-hybridized carbons (Fsp3) is 0.467. The zero-order valence-electron chi connectivity index (χ0n) is 12.3. The van der Waals surface area contributed by atoms with E-state index in [0.29, 0.717) is 18.0 Å². The molecule has 118 valence electrons. The highest BCUT2D eigenvalue weighted by molar-refractivity contribution is 7.99. The predicted octanol–water partition coefficient (Wildman–Crippen LogP) is 1.89. The Bertz CT molecular complexity index is 610. The molecule has 1 fully saturated rings. The molecule has 1 aromatic carbocycles. The second-order valence-corrected chi connectivity index (χ2v) is 6.56. The van der Waals surface area contributed by atoms with Crippen LogP contribution in [0.3, 0.4) is 0 Å². The molecule has 0 spiro atoms. The number of hydrogen-bond donors (Lipinski definition) is 2. The van der Waals surface area contributed by atoms with Crippen molar-refractivity contribution in [1.29, 1.82) is 0 Å². The molecular weight excluding hydrogens is 305 g/mol. The van der Waals surface area contributed by atoms with E-state index in [2.05, 4.69) is 10.6 Å². The molecule has 0 unspecified atom stereocenters. The Morgan fingerprint density at radius 2 is 2.32 bits per heavy atom. The van der Waals surface area contributed by atoms with Crippen molar-refractivity contribution in [2.45, 2.75) is 30.3 Å². The molecule has 7 heteroatoms. The van der Waals surface area contributed by atoms with Gasteiger partial charge in [0.25, 0.3) is 0 Å². The Morgan fingerprint density at radius 3 is 3.14 bits per heavy atom. The maximum atomic E-state index is 13.9. The Kier molecular flexibility index (Phi) is 4.24. The third-order valence-electron chi connectivity index (χ3n) is 4.08. The lowest BCUT2D eigenvalue weighted by Gasteiger charge is -2.35. The normalized spacial score (nSPS) is 24.5. The zero-order chi connectivity index (χ0) is 15.7. The van der Waals surface area contributed by atoms with Crippen molar-refractivity contribution in [1.82, 2.24) is 15.5 Å². The minimum Gasteiger partial charge on any atom is -0.353 e. The summed E-state index contributed by atoms with van der Waals surface area (Å²) >= 11 is 1.48. The third kappa shape index (κ3) is 2.77. The number of rotatable bonds is 1. The highest BCUT2D eigenvalue weighted by Crippen LogP contribution is 2.37.